The first-order valence-corrected chi connectivity index (χ1v) is 7.94. The highest BCUT2D eigenvalue weighted by Crippen LogP contribution is 2.35. The van der Waals surface area contributed by atoms with Crippen LogP contribution in [-0.2, 0) is 14.3 Å². The molecule has 1 atom stereocenters. The molecule has 0 N–H and O–H groups in total. The first-order chi connectivity index (χ1) is 11.5. The normalized spacial score (nSPS) is 11.6. The number of rotatable bonds is 6. The Hall–Kier alpha value is -2.62. The van der Waals surface area contributed by atoms with Crippen LogP contribution in [0.5, 0.6) is 5.75 Å². The lowest BCUT2D eigenvalue weighted by Gasteiger charge is -2.21. The van der Waals surface area contributed by atoms with Crippen LogP contribution in [0, 0.1) is 6.92 Å². The van der Waals surface area contributed by atoms with Gasteiger partial charge in [0.25, 0.3) is 0 Å². The number of carbonyl (C=O) groups is 2. The number of esters is 2. The molecular formula is C20H22O4. The molecule has 4 heteroatoms. The van der Waals surface area contributed by atoms with Gasteiger partial charge in [-0.25, -0.2) is 0 Å². The Morgan fingerprint density at radius 1 is 1.00 bits per heavy atom. The largest absolute Gasteiger partial charge is 0.466 e. The molecule has 2 aromatic carbocycles. The van der Waals surface area contributed by atoms with Gasteiger partial charge < -0.3 is 9.47 Å². The van der Waals surface area contributed by atoms with Gasteiger partial charge in [0.15, 0.2) is 0 Å². The first-order valence-electron chi connectivity index (χ1n) is 7.94. The molecule has 2 rings (SSSR count). The van der Waals surface area contributed by atoms with Gasteiger partial charge in [0.2, 0.25) is 0 Å². The van der Waals surface area contributed by atoms with Crippen LogP contribution in [-0.4, -0.2) is 18.5 Å². The third-order valence-electron chi connectivity index (χ3n) is 3.71. The number of hydrogen-bond acceptors (Lipinski definition) is 4. The van der Waals surface area contributed by atoms with Crippen LogP contribution in [0.4, 0.5) is 0 Å². The fourth-order valence-corrected chi connectivity index (χ4v) is 2.70. The lowest BCUT2D eigenvalue weighted by Crippen LogP contribution is -2.11. The highest BCUT2D eigenvalue weighted by Gasteiger charge is 2.20. The molecule has 0 spiro atoms. The predicted octanol–water partition coefficient (Wildman–Crippen LogP) is 4.01. The SMILES string of the molecule is CC(=O)OCCC(c1ccccc1)c1cc(C)ccc1OC(C)=O. The van der Waals surface area contributed by atoms with Gasteiger partial charge in [-0.1, -0.05) is 48.0 Å². The monoisotopic (exact) mass is 326 g/mol. The third-order valence-corrected chi connectivity index (χ3v) is 3.71. The Kier molecular flexibility index (Phi) is 6.13. The van der Waals surface area contributed by atoms with Gasteiger partial charge in [-0.2, -0.15) is 0 Å². The number of hydrogen-bond donors (Lipinski definition) is 0. The molecule has 126 valence electrons. The van der Waals surface area contributed by atoms with Crippen molar-refractivity contribution in [3.8, 4) is 5.75 Å². The lowest BCUT2D eigenvalue weighted by atomic mass is 9.87. The van der Waals surface area contributed by atoms with E-state index in [1.165, 1.54) is 13.8 Å². The minimum Gasteiger partial charge on any atom is -0.466 e. The molecule has 0 saturated carbocycles. The molecule has 0 amide bonds. The average Bonchev–Trinajstić information content (AvgIpc) is 2.54. The summed E-state index contributed by atoms with van der Waals surface area (Å²) in [5.74, 6) is -0.136. The summed E-state index contributed by atoms with van der Waals surface area (Å²) in [4.78, 5) is 22.5. The molecule has 0 aliphatic carbocycles. The molecule has 0 heterocycles. The zero-order valence-corrected chi connectivity index (χ0v) is 14.2. The third kappa shape index (κ3) is 4.95. The van der Waals surface area contributed by atoms with Gasteiger partial charge in [-0.15, -0.1) is 0 Å². The second-order valence-corrected chi connectivity index (χ2v) is 5.73. The Labute approximate surface area is 142 Å². The molecule has 4 nitrogen and oxygen atoms in total. The maximum atomic E-state index is 11.4. The summed E-state index contributed by atoms with van der Waals surface area (Å²) in [6.07, 6.45) is 0.612. The van der Waals surface area contributed by atoms with Crippen molar-refractivity contribution >= 4 is 11.9 Å². The quantitative estimate of drug-likeness (QED) is 0.594. The number of carbonyl (C=O) groups excluding carboxylic acids is 2. The van der Waals surface area contributed by atoms with E-state index in [2.05, 4.69) is 0 Å². The van der Waals surface area contributed by atoms with Crippen LogP contribution >= 0.6 is 0 Å². The van der Waals surface area contributed by atoms with E-state index in [0.717, 1.165) is 16.7 Å². The van der Waals surface area contributed by atoms with E-state index in [0.29, 0.717) is 18.8 Å². The smallest absolute Gasteiger partial charge is 0.308 e. The molecule has 0 fully saturated rings. The van der Waals surface area contributed by atoms with E-state index in [-0.39, 0.29) is 17.9 Å². The molecule has 0 radical (unpaired) electrons. The summed E-state index contributed by atoms with van der Waals surface area (Å²) < 4.78 is 10.5. The number of aryl methyl sites for hydroxylation is 1. The molecular weight excluding hydrogens is 304 g/mol. The maximum absolute atomic E-state index is 11.4. The van der Waals surface area contributed by atoms with Crippen molar-refractivity contribution in [2.24, 2.45) is 0 Å². The molecule has 0 saturated heterocycles. The van der Waals surface area contributed by atoms with Gasteiger partial charge in [0, 0.05) is 25.3 Å². The van der Waals surface area contributed by atoms with E-state index in [9.17, 15) is 9.59 Å². The molecule has 2 aromatic rings. The van der Waals surface area contributed by atoms with Crippen molar-refractivity contribution in [3.05, 3.63) is 65.2 Å². The Morgan fingerprint density at radius 3 is 2.33 bits per heavy atom. The molecule has 0 aliphatic rings. The minimum absolute atomic E-state index is 0.0280. The van der Waals surface area contributed by atoms with Gasteiger partial charge >= 0.3 is 11.9 Å². The summed E-state index contributed by atoms with van der Waals surface area (Å²) in [7, 11) is 0. The molecule has 1 unspecified atom stereocenters. The fourth-order valence-electron chi connectivity index (χ4n) is 2.70. The van der Waals surface area contributed by atoms with E-state index in [1.54, 1.807) is 0 Å². The van der Waals surface area contributed by atoms with Crippen molar-refractivity contribution in [2.75, 3.05) is 6.61 Å². The van der Waals surface area contributed by atoms with Crippen LogP contribution in [0.25, 0.3) is 0 Å². The highest BCUT2D eigenvalue weighted by molar-refractivity contribution is 5.70. The van der Waals surface area contributed by atoms with E-state index in [4.69, 9.17) is 9.47 Å². The predicted molar refractivity (Wildman–Crippen MR) is 92.0 cm³/mol. The van der Waals surface area contributed by atoms with Crippen LogP contribution in [0.3, 0.4) is 0 Å². The Morgan fingerprint density at radius 2 is 1.71 bits per heavy atom. The molecule has 0 aliphatic heterocycles. The zero-order valence-electron chi connectivity index (χ0n) is 14.2. The number of benzene rings is 2. The molecule has 0 aromatic heterocycles. The van der Waals surface area contributed by atoms with Crippen molar-refractivity contribution in [3.63, 3.8) is 0 Å². The molecule has 0 bridgehead atoms. The second-order valence-electron chi connectivity index (χ2n) is 5.73. The Bertz CT molecular complexity index is 707. The summed E-state index contributed by atoms with van der Waals surface area (Å²) in [5, 5.41) is 0. The summed E-state index contributed by atoms with van der Waals surface area (Å²) >= 11 is 0. The number of ether oxygens (including phenoxy) is 2. The van der Waals surface area contributed by atoms with Crippen LogP contribution in [0.15, 0.2) is 48.5 Å². The van der Waals surface area contributed by atoms with Gasteiger partial charge in [-0.3, -0.25) is 9.59 Å². The van der Waals surface area contributed by atoms with Gasteiger partial charge in [-0.05, 0) is 25.0 Å². The van der Waals surface area contributed by atoms with Crippen molar-refractivity contribution in [1.29, 1.82) is 0 Å². The lowest BCUT2D eigenvalue weighted by molar-refractivity contribution is -0.141. The van der Waals surface area contributed by atoms with Crippen molar-refractivity contribution in [2.45, 2.75) is 33.1 Å². The maximum Gasteiger partial charge on any atom is 0.308 e. The average molecular weight is 326 g/mol. The van der Waals surface area contributed by atoms with E-state index >= 15 is 0 Å². The van der Waals surface area contributed by atoms with Crippen LogP contribution < -0.4 is 4.74 Å². The van der Waals surface area contributed by atoms with Crippen molar-refractivity contribution in [1.82, 2.24) is 0 Å². The van der Waals surface area contributed by atoms with Crippen molar-refractivity contribution < 1.29 is 19.1 Å². The summed E-state index contributed by atoms with van der Waals surface area (Å²) in [5.41, 5.74) is 3.08. The first kappa shape index (κ1) is 17.7. The summed E-state index contributed by atoms with van der Waals surface area (Å²) in [6.45, 7) is 5.09. The topological polar surface area (TPSA) is 52.6 Å². The fraction of sp³-hybridized carbons (Fsp3) is 0.300. The van der Waals surface area contributed by atoms with E-state index in [1.807, 2.05) is 55.5 Å². The van der Waals surface area contributed by atoms with Gasteiger partial charge in [0.05, 0.1) is 6.61 Å². The van der Waals surface area contributed by atoms with Crippen LogP contribution in [0.2, 0.25) is 0 Å². The second kappa shape index (κ2) is 8.29. The van der Waals surface area contributed by atoms with Gasteiger partial charge in [0.1, 0.15) is 5.75 Å². The zero-order chi connectivity index (χ0) is 17.5. The molecule has 24 heavy (non-hydrogen) atoms. The van der Waals surface area contributed by atoms with Crippen LogP contribution in [0.1, 0.15) is 42.9 Å². The minimum atomic E-state index is -0.355. The summed E-state index contributed by atoms with van der Waals surface area (Å²) in [6, 6.07) is 15.7. The van der Waals surface area contributed by atoms with E-state index < -0.39 is 0 Å². The standard InChI is InChI=1S/C20H22O4/c1-14-9-10-20(24-16(3)22)19(13-14)18(11-12-23-15(2)21)17-7-5-4-6-8-17/h4-10,13,18H,11-12H2,1-3H3. The highest BCUT2D eigenvalue weighted by atomic mass is 16.5. The Balaban J connectivity index is 2.40.